The van der Waals surface area contributed by atoms with Gasteiger partial charge in [0.15, 0.2) is 0 Å². The summed E-state index contributed by atoms with van der Waals surface area (Å²) in [4.78, 5) is 0. The molecule has 0 aliphatic carbocycles. The smallest absolute Gasteiger partial charge is 0.0695 e. The van der Waals surface area contributed by atoms with Gasteiger partial charge in [0, 0.05) is 0 Å². The molecule has 1 aliphatic heterocycles. The molecule has 2 aromatic carbocycles. The summed E-state index contributed by atoms with van der Waals surface area (Å²) in [6.45, 7) is 8.88. The molecule has 5 heteroatoms. The molecule has 0 aromatic heterocycles. The molecule has 0 bridgehead atoms. The molecule has 1 aliphatic rings. The second kappa shape index (κ2) is 6.62. The van der Waals surface area contributed by atoms with Gasteiger partial charge >= 0.3 is 0 Å². The first kappa shape index (κ1) is 19.3. The Kier molecular flexibility index (Phi) is 5.12. The van der Waals surface area contributed by atoms with Crippen molar-refractivity contribution in [3.05, 3.63) is 67.6 Å². The number of rotatable bonds is 4. The van der Waals surface area contributed by atoms with Crippen LogP contribution >= 0.6 is 46.4 Å². The van der Waals surface area contributed by atoms with E-state index in [-0.39, 0.29) is 11.1 Å². The standard InChI is InChI=1S/C20H21Cl4N/c1-11(2)19(13-5-7-15(21)17(23)9-13)20(25-19,12(3)4)14-6-8-16(22)18(24)10-14/h5-12,25H,1-4H3. The number of benzene rings is 2. The summed E-state index contributed by atoms with van der Waals surface area (Å²) in [6, 6.07) is 11.8. The van der Waals surface area contributed by atoms with Gasteiger partial charge in [-0.25, -0.2) is 0 Å². The van der Waals surface area contributed by atoms with Gasteiger partial charge in [0.2, 0.25) is 0 Å². The minimum atomic E-state index is -0.243. The Morgan fingerprint density at radius 3 is 1.28 bits per heavy atom. The summed E-state index contributed by atoms with van der Waals surface area (Å²) in [7, 11) is 0. The van der Waals surface area contributed by atoms with E-state index < -0.39 is 0 Å². The van der Waals surface area contributed by atoms with Gasteiger partial charge in [-0.15, -0.1) is 0 Å². The van der Waals surface area contributed by atoms with Crippen LogP contribution in [0.1, 0.15) is 38.8 Å². The summed E-state index contributed by atoms with van der Waals surface area (Å²) in [5.74, 6) is 0.670. The first-order valence-electron chi connectivity index (χ1n) is 8.37. The van der Waals surface area contributed by atoms with Crippen LogP contribution in [0.4, 0.5) is 0 Å². The average molecular weight is 417 g/mol. The highest BCUT2D eigenvalue weighted by molar-refractivity contribution is 6.42. The van der Waals surface area contributed by atoms with Gasteiger partial charge < -0.3 is 0 Å². The van der Waals surface area contributed by atoms with E-state index in [0.29, 0.717) is 31.9 Å². The van der Waals surface area contributed by atoms with Crippen LogP contribution in [0, 0.1) is 11.8 Å². The van der Waals surface area contributed by atoms with Gasteiger partial charge in [-0.3, -0.25) is 5.32 Å². The summed E-state index contributed by atoms with van der Waals surface area (Å²) in [5.41, 5.74) is 1.78. The Labute approximate surface area is 169 Å². The topological polar surface area (TPSA) is 21.9 Å². The van der Waals surface area contributed by atoms with E-state index in [1.165, 1.54) is 0 Å². The van der Waals surface area contributed by atoms with Crippen molar-refractivity contribution in [2.45, 2.75) is 38.8 Å². The van der Waals surface area contributed by atoms with Crippen molar-refractivity contribution in [2.24, 2.45) is 11.8 Å². The molecule has 1 fully saturated rings. The highest BCUT2D eigenvalue weighted by Crippen LogP contribution is 2.62. The van der Waals surface area contributed by atoms with Gasteiger partial charge in [0.1, 0.15) is 0 Å². The van der Waals surface area contributed by atoms with E-state index in [9.17, 15) is 0 Å². The maximum absolute atomic E-state index is 6.32. The molecule has 3 rings (SSSR count). The van der Waals surface area contributed by atoms with E-state index in [4.69, 9.17) is 46.4 Å². The maximum atomic E-state index is 6.32. The highest BCUT2D eigenvalue weighted by Gasteiger charge is 2.71. The first-order chi connectivity index (χ1) is 11.7. The third-order valence-corrected chi connectivity index (χ3v) is 6.91. The maximum Gasteiger partial charge on any atom is 0.0695 e. The van der Waals surface area contributed by atoms with Gasteiger partial charge in [0.05, 0.1) is 31.2 Å². The average Bonchev–Trinajstić information content (AvgIpc) is 3.26. The van der Waals surface area contributed by atoms with Crippen molar-refractivity contribution < 1.29 is 0 Å². The van der Waals surface area contributed by atoms with Crippen molar-refractivity contribution in [3.8, 4) is 0 Å². The largest absolute Gasteiger partial charge is 0.294 e. The molecule has 0 saturated carbocycles. The molecule has 1 heterocycles. The van der Waals surface area contributed by atoms with Crippen LogP contribution in [0.15, 0.2) is 36.4 Å². The minimum absolute atomic E-state index is 0.243. The second-order valence-corrected chi connectivity index (χ2v) is 8.94. The minimum Gasteiger partial charge on any atom is -0.294 e. The Morgan fingerprint density at radius 1 is 0.640 bits per heavy atom. The SMILES string of the molecule is CC(C)C1(c2ccc(Cl)c(Cl)c2)NC1(c1ccc(Cl)c(Cl)c1)C(C)C. The van der Waals surface area contributed by atoms with Crippen LogP contribution in [0.3, 0.4) is 0 Å². The van der Waals surface area contributed by atoms with E-state index in [1.807, 2.05) is 24.3 Å². The quantitative estimate of drug-likeness (QED) is 0.518. The number of halogens is 4. The lowest BCUT2D eigenvalue weighted by Crippen LogP contribution is -2.31. The molecule has 0 amide bonds. The molecule has 0 spiro atoms. The zero-order valence-electron chi connectivity index (χ0n) is 14.6. The van der Waals surface area contributed by atoms with Crippen molar-refractivity contribution >= 4 is 46.4 Å². The Morgan fingerprint density at radius 2 is 1.00 bits per heavy atom. The van der Waals surface area contributed by atoms with Crippen molar-refractivity contribution in [1.82, 2.24) is 5.32 Å². The lowest BCUT2D eigenvalue weighted by molar-refractivity contribution is 0.345. The molecule has 2 aromatic rings. The van der Waals surface area contributed by atoms with E-state index in [2.05, 4.69) is 45.1 Å². The van der Waals surface area contributed by atoms with Crippen molar-refractivity contribution in [1.29, 1.82) is 0 Å². The number of hydrogen-bond donors (Lipinski definition) is 1. The lowest BCUT2D eigenvalue weighted by atomic mass is 9.70. The molecule has 134 valence electrons. The van der Waals surface area contributed by atoms with E-state index in [0.717, 1.165) is 11.1 Å². The zero-order chi connectivity index (χ0) is 18.6. The Balaban J connectivity index is 2.20. The highest BCUT2D eigenvalue weighted by atomic mass is 35.5. The predicted octanol–water partition coefficient (Wildman–Crippen LogP) is 7.31. The first-order valence-corrected chi connectivity index (χ1v) is 9.88. The zero-order valence-corrected chi connectivity index (χ0v) is 17.7. The third kappa shape index (κ3) is 2.80. The fraction of sp³-hybridized carbons (Fsp3) is 0.400. The molecule has 1 N–H and O–H groups in total. The van der Waals surface area contributed by atoms with Crippen molar-refractivity contribution in [3.63, 3.8) is 0 Å². The van der Waals surface area contributed by atoms with Crippen LogP contribution in [0.2, 0.25) is 20.1 Å². The van der Waals surface area contributed by atoms with Crippen LogP contribution in [-0.4, -0.2) is 0 Å². The predicted molar refractivity (Wildman–Crippen MR) is 109 cm³/mol. The lowest BCUT2D eigenvalue weighted by Gasteiger charge is -2.30. The fourth-order valence-electron chi connectivity index (χ4n) is 4.23. The number of nitrogens with one attached hydrogen (secondary N) is 1. The second-order valence-electron chi connectivity index (χ2n) is 7.31. The molecule has 0 radical (unpaired) electrons. The normalized spacial score (nSPS) is 25.7. The van der Waals surface area contributed by atoms with Gasteiger partial charge in [-0.1, -0.05) is 86.2 Å². The van der Waals surface area contributed by atoms with Crippen LogP contribution in [-0.2, 0) is 11.1 Å². The fourth-order valence-corrected chi connectivity index (χ4v) is 4.82. The van der Waals surface area contributed by atoms with E-state index >= 15 is 0 Å². The van der Waals surface area contributed by atoms with Gasteiger partial charge in [0.25, 0.3) is 0 Å². The molecule has 2 atom stereocenters. The molecular weight excluding hydrogens is 396 g/mol. The Hall–Kier alpha value is -0.440. The van der Waals surface area contributed by atoms with Gasteiger partial charge in [-0.05, 0) is 47.2 Å². The van der Waals surface area contributed by atoms with Gasteiger partial charge in [-0.2, -0.15) is 0 Å². The monoisotopic (exact) mass is 415 g/mol. The molecule has 25 heavy (non-hydrogen) atoms. The molecule has 1 nitrogen and oxygen atoms in total. The van der Waals surface area contributed by atoms with E-state index in [1.54, 1.807) is 0 Å². The molecule has 1 saturated heterocycles. The van der Waals surface area contributed by atoms with Crippen LogP contribution < -0.4 is 5.32 Å². The summed E-state index contributed by atoms with van der Waals surface area (Å²) in [5, 5.41) is 6.08. The third-order valence-electron chi connectivity index (χ3n) is 5.44. The number of hydrogen-bond acceptors (Lipinski definition) is 1. The van der Waals surface area contributed by atoms with Crippen LogP contribution in [0.25, 0.3) is 0 Å². The summed E-state index contributed by atoms with van der Waals surface area (Å²) in [6.07, 6.45) is 0. The molecular formula is C20H21Cl4N. The Bertz CT molecular complexity index is 750. The van der Waals surface area contributed by atoms with Crippen LogP contribution in [0.5, 0.6) is 0 Å². The molecule has 2 unspecified atom stereocenters. The summed E-state index contributed by atoms with van der Waals surface area (Å²) < 4.78 is 0. The van der Waals surface area contributed by atoms with Crippen molar-refractivity contribution in [2.75, 3.05) is 0 Å². The summed E-state index contributed by atoms with van der Waals surface area (Å²) >= 11 is 24.9.